The molecule has 0 saturated heterocycles. The molecular formula is C21H22N2O4. The molecule has 0 atom stereocenters. The van der Waals surface area contributed by atoms with Crippen molar-refractivity contribution in [2.24, 2.45) is 0 Å². The van der Waals surface area contributed by atoms with E-state index in [4.69, 9.17) is 9.84 Å². The van der Waals surface area contributed by atoms with Gasteiger partial charge >= 0.3 is 5.97 Å². The van der Waals surface area contributed by atoms with E-state index in [1.54, 1.807) is 0 Å². The topological polar surface area (TPSA) is 80.6 Å². The molecule has 6 heteroatoms. The lowest BCUT2D eigenvalue weighted by molar-refractivity contribution is -0.136. The van der Waals surface area contributed by atoms with Crippen LogP contribution in [0.4, 0.5) is 0 Å². The van der Waals surface area contributed by atoms with Crippen LogP contribution < -0.4 is 10.1 Å². The fourth-order valence-electron chi connectivity index (χ4n) is 2.82. The minimum atomic E-state index is -0.919. The summed E-state index contributed by atoms with van der Waals surface area (Å²) in [7, 11) is 0. The van der Waals surface area contributed by atoms with E-state index in [1.807, 2.05) is 65.4 Å². The number of aromatic nitrogens is 1. The Kier molecular flexibility index (Phi) is 6.10. The molecule has 0 aliphatic rings. The van der Waals surface area contributed by atoms with E-state index in [0.717, 1.165) is 22.2 Å². The van der Waals surface area contributed by atoms with Gasteiger partial charge in [-0.1, -0.05) is 30.3 Å². The number of nitrogens with one attached hydrogen (secondary N) is 1. The molecule has 0 spiro atoms. The van der Waals surface area contributed by atoms with Crippen LogP contribution in [0, 0.1) is 0 Å². The van der Waals surface area contributed by atoms with Crippen LogP contribution in [-0.2, 0) is 22.7 Å². The fraction of sp³-hybridized carbons (Fsp3) is 0.238. The molecule has 2 aromatic carbocycles. The molecule has 27 heavy (non-hydrogen) atoms. The lowest BCUT2D eigenvalue weighted by Crippen LogP contribution is -2.26. The second-order valence-electron chi connectivity index (χ2n) is 6.25. The molecule has 6 nitrogen and oxygen atoms in total. The average molecular weight is 366 g/mol. The Hall–Kier alpha value is -3.28. The van der Waals surface area contributed by atoms with Gasteiger partial charge in [0.25, 0.3) is 0 Å². The van der Waals surface area contributed by atoms with Gasteiger partial charge in [0.15, 0.2) is 0 Å². The zero-order valence-electron chi connectivity index (χ0n) is 14.9. The van der Waals surface area contributed by atoms with Crippen molar-refractivity contribution in [2.75, 3.05) is 6.54 Å². The molecule has 0 bridgehead atoms. The molecule has 3 rings (SSSR count). The number of benzene rings is 2. The standard InChI is InChI=1S/C21H22N2O4/c24-20(22-11-8-21(25)26)10-13-23-12-9-17-14-18(6-7-19(17)23)27-15-16-4-2-1-3-5-16/h1-7,9,12,14H,8,10-11,13,15H2,(H,22,24)(H,25,26). The minimum absolute atomic E-state index is 0.0655. The molecule has 3 aromatic rings. The molecule has 1 amide bonds. The molecule has 1 heterocycles. The molecule has 140 valence electrons. The highest BCUT2D eigenvalue weighted by Gasteiger charge is 2.07. The summed E-state index contributed by atoms with van der Waals surface area (Å²) in [6.07, 6.45) is 2.18. The molecule has 0 aliphatic carbocycles. The number of carbonyl (C=O) groups is 2. The van der Waals surface area contributed by atoms with Gasteiger partial charge in [0.1, 0.15) is 12.4 Å². The van der Waals surface area contributed by atoms with Crippen LogP contribution >= 0.6 is 0 Å². The summed E-state index contributed by atoms with van der Waals surface area (Å²) in [4.78, 5) is 22.3. The zero-order valence-corrected chi connectivity index (χ0v) is 14.9. The normalized spacial score (nSPS) is 10.7. The Morgan fingerprint density at radius 3 is 2.63 bits per heavy atom. The summed E-state index contributed by atoms with van der Waals surface area (Å²) >= 11 is 0. The van der Waals surface area contributed by atoms with Gasteiger partial charge in [-0.3, -0.25) is 9.59 Å². The molecule has 2 N–H and O–H groups in total. The number of ether oxygens (including phenoxy) is 1. The monoisotopic (exact) mass is 366 g/mol. The van der Waals surface area contributed by atoms with Crippen molar-refractivity contribution in [3.63, 3.8) is 0 Å². The summed E-state index contributed by atoms with van der Waals surface area (Å²) in [6.45, 7) is 1.21. The first-order valence-electron chi connectivity index (χ1n) is 8.86. The summed E-state index contributed by atoms with van der Waals surface area (Å²) in [5.41, 5.74) is 2.14. The number of amides is 1. The van der Waals surface area contributed by atoms with Gasteiger partial charge < -0.3 is 19.7 Å². The van der Waals surface area contributed by atoms with E-state index in [-0.39, 0.29) is 18.9 Å². The van der Waals surface area contributed by atoms with E-state index in [0.29, 0.717) is 19.6 Å². The number of nitrogens with zero attached hydrogens (tertiary/aromatic N) is 1. The van der Waals surface area contributed by atoms with Gasteiger partial charge in [-0.2, -0.15) is 0 Å². The first kappa shape index (κ1) is 18.5. The van der Waals surface area contributed by atoms with Crippen LogP contribution in [0.25, 0.3) is 10.9 Å². The van der Waals surface area contributed by atoms with E-state index in [2.05, 4.69) is 5.32 Å². The Bertz CT molecular complexity index is 918. The van der Waals surface area contributed by atoms with Gasteiger partial charge in [0.2, 0.25) is 5.91 Å². The number of aryl methyl sites for hydroxylation is 1. The second kappa shape index (κ2) is 8.89. The number of hydrogen-bond acceptors (Lipinski definition) is 3. The lowest BCUT2D eigenvalue weighted by atomic mass is 10.2. The van der Waals surface area contributed by atoms with E-state index >= 15 is 0 Å². The highest BCUT2D eigenvalue weighted by Crippen LogP contribution is 2.23. The third-order valence-electron chi connectivity index (χ3n) is 4.23. The fourth-order valence-corrected chi connectivity index (χ4v) is 2.82. The van der Waals surface area contributed by atoms with E-state index in [9.17, 15) is 9.59 Å². The van der Waals surface area contributed by atoms with Crippen molar-refractivity contribution >= 4 is 22.8 Å². The Labute approximate surface area is 157 Å². The highest BCUT2D eigenvalue weighted by molar-refractivity contribution is 5.82. The predicted molar refractivity (Wildman–Crippen MR) is 103 cm³/mol. The SMILES string of the molecule is O=C(O)CCNC(=O)CCn1ccc2cc(OCc3ccccc3)ccc21. The summed E-state index contributed by atoms with van der Waals surface area (Å²) in [6, 6.07) is 17.9. The van der Waals surface area contributed by atoms with Crippen LogP contribution in [0.15, 0.2) is 60.8 Å². The number of aliphatic carboxylic acids is 1. The average Bonchev–Trinajstić information content (AvgIpc) is 3.07. The molecule has 0 fully saturated rings. The smallest absolute Gasteiger partial charge is 0.305 e. The largest absolute Gasteiger partial charge is 0.489 e. The molecule has 0 unspecified atom stereocenters. The van der Waals surface area contributed by atoms with Crippen LogP contribution in [0.5, 0.6) is 5.75 Å². The van der Waals surface area contributed by atoms with Crippen molar-refractivity contribution in [3.05, 3.63) is 66.4 Å². The first-order chi connectivity index (χ1) is 13.1. The minimum Gasteiger partial charge on any atom is -0.489 e. The summed E-state index contributed by atoms with van der Waals surface area (Å²) < 4.78 is 7.86. The molecule has 0 aliphatic heterocycles. The maximum Gasteiger partial charge on any atom is 0.305 e. The number of rotatable bonds is 9. The number of hydrogen-bond donors (Lipinski definition) is 2. The first-order valence-corrected chi connectivity index (χ1v) is 8.86. The van der Waals surface area contributed by atoms with E-state index < -0.39 is 5.97 Å². The Morgan fingerprint density at radius 1 is 1.04 bits per heavy atom. The predicted octanol–water partition coefficient (Wildman–Crippen LogP) is 3.20. The number of carboxylic acids is 1. The maximum absolute atomic E-state index is 11.8. The van der Waals surface area contributed by atoms with Crippen molar-refractivity contribution in [2.45, 2.75) is 26.0 Å². The molecule has 1 aromatic heterocycles. The highest BCUT2D eigenvalue weighted by atomic mass is 16.5. The maximum atomic E-state index is 11.8. The van der Waals surface area contributed by atoms with Crippen molar-refractivity contribution in [1.82, 2.24) is 9.88 Å². The van der Waals surface area contributed by atoms with Crippen molar-refractivity contribution in [3.8, 4) is 5.75 Å². The second-order valence-corrected chi connectivity index (χ2v) is 6.25. The lowest BCUT2D eigenvalue weighted by Gasteiger charge is -2.08. The van der Waals surface area contributed by atoms with Gasteiger partial charge in [-0.15, -0.1) is 0 Å². The number of carbonyl (C=O) groups excluding carboxylic acids is 1. The Morgan fingerprint density at radius 2 is 1.85 bits per heavy atom. The van der Waals surface area contributed by atoms with E-state index in [1.165, 1.54) is 0 Å². The van der Waals surface area contributed by atoms with Gasteiger partial charge in [0.05, 0.1) is 6.42 Å². The number of fused-ring (bicyclic) bond motifs is 1. The zero-order chi connectivity index (χ0) is 19.1. The van der Waals surface area contributed by atoms with Crippen LogP contribution in [0.2, 0.25) is 0 Å². The Balaban J connectivity index is 1.55. The van der Waals surface area contributed by atoms with Gasteiger partial charge in [-0.25, -0.2) is 0 Å². The van der Waals surface area contributed by atoms with Gasteiger partial charge in [0, 0.05) is 36.6 Å². The quantitative estimate of drug-likeness (QED) is 0.609. The third-order valence-corrected chi connectivity index (χ3v) is 4.23. The van der Waals surface area contributed by atoms with Crippen LogP contribution in [-0.4, -0.2) is 28.1 Å². The third kappa shape index (κ3) is 5.34. The molecule has 0 radical (unpaired) electrons. The van der Waals surface area contributed by atoms with Crippen molar-refractivity contribution in [1.29, 1.82) is 0 Å². The molecular weight excluding hydrogens is 344 g/mol. The summed E-state index contributed by atoms with van der Waals surface area (Å²) in [5.74, 6) is -0.270. The molecule has 0 saturated carbocycles. The van der Waals surface area contributed by atoms with Gasteiger partial charge in [-0.05, 0) is 29.8 Å². The number of carboxylic acid groups (broad SMARTS) is 1. The van der Waals surface area contributed by atoms with Crippen LogP contribution in [0.1, 0.15) is 18.4 Å². The summed E-state index contributed by atoms with van der Waals surface area (Å²) in [5, 5.41) is 12.2. The van der Waals surface area contributed by atoms with Crippen LogP contribution in [0.3, 0.4) is 0 Å². The van der Waals surface area contributed by atoms with Crippen molar-refractivity contribution < 1.29 is 19.4 Å².